The molecular formula is C10H20BrNO2. The molecule has 3 nitrogen and oxygen atoms in total. The highest BCUT2D eigenvalue weighted by molar-refractivity contribution is 9.10. The average Bonchev–Trinajstić information content (AvgIpc) is 2.11. The number of carbonyl (C=O) groups excluding carboxylic acids is 1. The van der Waals surface area contributed by atoms with E-state index >= 15 is 0 Å². The van der Waals surface area contributed by atoms with E-state index in [1.807, 2.05) is 6.92 Å². The van der Waals surface area contributed by atoms with Gasteiger partial charge in [-0.05, 0) is 18.8 Å². The number of methoxy groups -OCH3 is 1. The molecule has 14 heavy (non-hydrogen) atoms. The molecule has 1 amide bonds. The molecule has 0 aromatic carbocycles. The zero-order chi connectivity index (χ0) is 11.2. The van der Waals surface area contributed by atoms with E-state index < -0.39 is 0 Å². The highest BCUT2D eigenvalue weighted by atomic mass is 79.9. The SMILES string of the molecule is COCCC(C)(C)CNC(=O)C(C)Br. The van der Waals surface area contributed by atoms with Gasteiger partial charge in [-0.3, -0.25) is 4.79 Å². The van der Waals surface area contributed by atoms with Crippen LogP contribution in [0.3, 0.4) is 0 Å². The van der Waals surface area contributed by atoms with Crippen LogP contribution in [0.15, 0.2) is 0 Å². The Bertz CT molecular complexity index is 181. The Morgan fingerprint density at radius 1 is 1.57 bits per heavy atom. The standard InChI is InChI=1S/C10H20BrNO2/c1-8(11)9(13)12-7-10(2,3)5-6-14-4/h8H,5-7H2,1-4H3,(H,12,13). The first-order valence-electron chi connectivity index (χ1n) is 4.80. The second kappa shape index (κ2) is 6.40. The first-order chi connectivity index (χ1) is 6.39. The van der Waals surface area contributed by atoms with Gasteiger partial charge in [0, 0.05) is 20.3 Å². The summed E-state index contributed by atoms with van der Waals surface area (Å²) in [7, 11) is 1.69. The van der Waals surface area contributed by atoms with Gasteiger partial charge < -0.3 is 10.1 Å². The third kappa shape index (κ3) is 6.38. The predicted octanol–water partition coefficient (Wildman–Crippen LogP) is 1.95. The molecule has 4 heteroatoms. The minimum Gasteiger partial charge on any atom is -0.385 e. The summed E-state index contributed by atoms with van der Waals surface area (Å²) in [4.78, 5) is 11.1. The lowest BCUT2D eigenvalue weighted by atomic mass is 9.90. The van der Waals surface area contributed by atoms with Crippen LogP contribution in [0.25, 0.3) is 0 Å². The molecule has 1 atom stereocenters. The number of nitrogens with one attached hydrogen (secondary N) is 1. The highest BCUT2D eigenvalue weighted by Gasteiger charge is 2.19. The summed E-state index contributed by atoms with van der Waals surface area (Å²) in [6.07, 6.45) is 0.945. The Labute approximate surface area is 94.7 Å². The number of carbonyl (C=O) groups is 1. The Morgan fingerprint density at radius 3 is 2.57 bits per heavy atom. The van der Waals surface area contributed by atoms with Crippen LogP contribution in [0.4, 0.5) is 0 Å². The van der Waals surface area contributed by atoms with Crippen molar-refractivity contribution in [3.8, 4) is 0 Å². The molecule has 0 aromatic rings. The first kappa shape index (κ1) is 13.9. The van der Waals surface area contributed by atoms with E-state index in [0.717, 1.165) is 13.0 Å². The fourth-order valence-electron chi connectivity index (χ4n) is 0.934. The first-order valence-corrected chi connectivity index (χ1v) is 5.71. The third-order valence-electron chi connectivity index (χ3n) is 2.09. The Hall–Kier alpha value is -0.0900. The van der Waals surface area contributed by atoms with Gasteiger partial charge in [0.05, 0.1) is 4.83 Å². The molecule has 0 fully saturated rings. The minimum absolute atomic E-state index is 0.0375. The molecule has 0 aliphatic heterocycles. The molecule has 1 unspecified atom stereocenters. The maximum atomic E-state index is 11.3. The number of hydrogen-bond acceptors (Lipinski definition) is 2. The molecule has 0 aliphatic carbocycles. The lowest BCUT2D eigenvalue weighted by molar-refractivity contribution is -0.120. The van der Waals surface area contributed by atoms with Crippen molar-refractivity contribution in [3.63, 3.8) is 0 Å². The summed E-state index contributed by atoms with van der Waals surface area (Å²) in [5.41, 5.74) is 0.0908. The van der Waals surface area contributed by atoms with E-state index in [2.05, 4.69) is 35.1 Å². The number of alkyl halides is 1. The largest absolute Gasteiger partial charge is 0.385 e. The lowest BCUT2D eigenvalue weighted by Gasteiger charge is -2.24. The van der Waals surface area contributed by atoms with Crippen LogP contribution in [0.5, 0.6) is 0 Å². The Kier molecular flexibility index (Phi) is 6.36. The molecule has 84 valence electrons. The Morgan fingerprint density at radius 2 is 2.14 bits per heavy atom. The van der Waals surface area contributed by atoms with Crippen molar-refractivity contribution in [1.82, 2.24) is 5.32 Å². The van der Waals surface area contributed by atoms with Crippen molar-refractivity contribution in [2.24, 2.45) is 5.41 Å². The van der Waals surface area contributed by atoms with Gasteiger partial charge in [-0.2, -0.15) is 0 Å². The van der Waals surface area contributed by atoms with Crippen LogP contribution >= 0.6 is 15.9 Å². The summed E-state index contributed by atoms with van der Waals surface area (Å²) in [5, 5.41) is 2.89. The fraction of sp³-hybridized carbons (Fsp3) is 0.900. The molecule has 0 bridgehead atoms. The van der Waals surface area contributed by atoms with Crippen LogP contribution in [-0.2, 0) is 9.53 Å². The van der Waals surface area contributed by atoms with Crippen molar-refractivity contribution in [3.05, 3.63) is 0 Å². The number of amides is 1. The number of rotatable bonds is 6. The highest BCUT2D eigenvalue weighted by Crippen LogP contribution is 2.18. The number of ether oxygens (including phenoxy) is 1. The van der Waals surface area contributed by atoms with Crippen LogP contribution in [0, 0.1) is 5.41 Å². The Balaban J connectivity index is 3.80. The molecule has 0 aliphatic rings. The van der Waals surface area contributed by atoms with Crippen molar-refractivity contribution < 1.29 is 9.53 Å². The van der Waals surface area contributed by atoms with E-state index in [-0.39, 0.29) is 16.1 Å². The summed E-state index contributed by atoms with van der Waals surface area (Å²) < 4.78 is 5.01. The zero-order valence-electron chi connectivity index (χ0n) is 9.39. The summed E-state index contributed by atoms with van der Waals surface area (Å²) >= 11 is 3.22. The van der Waals surface area contributed by atoms with Crippen LogP contribution in [-0.4, -0.2) is 31.0 Å². The van der Waals surface area contributed by atoms with E-state index in [1.54, 1.807) is 7.11 Å². The second-order valence-electron chi connectivity index (χ2n) is 4.24. The molecular weight excluding hydrogens is 246 g/mol. The number of halogens is 1. The minimum atomic E-state index is -0.124. The molecule has 0 aromatic heterocycles. The summed E-state index contributed by atoms with van der Waals surface area (Å²) in [6, 6.07) is 0. The fourth-order valence-corrected chi connectivity index (χ4v) is 1.10. The quantitative estimate of drug-likeness (QED) is 0.746. The van der Waals surface area contributed by atoms with E-state index in [4.69, 9.17) is 4.74 Å². The van der Waals surface area contributed by atoms with E-state index in [9.17, 15) is 4.79 Å². The molecule has 0 rings (SSSR count). The molecule has 0 saturated carbocycles. The lowest BCUT2D eigenvalue weighted by Crippen LogP contribution is -2.37. The van der Waals surface area contributed by atoms with Gasteiger partial charge in [-0.15, -0.1) is 0 Å². The van der Waals surface area contributed by atoms with Gasteiger partial charge in [0.15, 0.2) is 0 Å². The van der Waals surface area contributed by atoms with Crippen LogP contribution in [0.1, 0.15) is 27.2 Å². The summed E-state index contributed by atoms with van der Waals surface area (Å²) in [5.74, 6) is 0.0375. The average molecular weight is 266 g/mol. The maximum Gasteiger partial charge on any atom is 0.233 e. The third-order valence-corrected chi connectivity index (χ3v) is 2.50. The van der Waals surface area contributed by atoms with Crippen LogP contribution in [0.2, 0.25) is 0 Å². The normalized spacial score (nSPS) is 13.8. The van der Waals surface area contributed by atoms with Gasteiger partial charge in [-0.25, -0.2) is 0 Å². The van der Waals surface area contributed by atoms with Crippen LogP contribution < -0.4 is 5.32 Å². The van der Waals surface area contributed by atoms with E-state index in [1.165, 1.54) is 0 Å². The van der Waals surface area contributed by atoms with E-state index in [0.29, 0.717) is 6.54 Å². The van der Waals surface area contributed by atoms with Crippen molar-refractivity contribution in [2.45, 2.75) is 32.0 Å². The predicted molar refractivity (Wildman–Crippen MR) is 61.7 cm³/mol. The molecule has 0 heterocycles. The molecule has 0 spiro atoms. The van der Waals surface area contributed by atoms with Gasteiger partial charge >= 0.3 is 0 Å². The van der Waals surface area contributed by atoms with Crippen molar-refractivity contribution in [2.75, 3.05) is 20.3 Å². The topological polar surface area (TPSA) is 38.3 Å². The zero-order valence-corrected chi connectivity index (χ0v) is 11.0. The smallest absolute Gasteiger partial charge is 0.233 e. The van der Waals surface area contributed by atoms with Gasteiger partial charge in [-0.1, -0.05) is 29.8 Å². The van der Waals surface area contributed by atoms with Gasteiger partial charge in [0.25, 0.3) is 0 Å². The molecule has 0 radical (unpaired) electrons. The molecule has 0 saturated heterocycles. The summed E-state index contributed by atoms with van der Waals surface area (Å²) in [6.45, 7) is 7.46. The monoisotopic (exact) mass is 265 g/mol. The van der Waals surface area contributed by atoms with Crippen molar-refractivity contribution >= 4 is 21.8 Å². The molecule has 1 N–H and O–H groups in total. The van der Waals surface area contributed by atoms with Gasteiger partial charge in [0.2, 0.25) is 5.91 Å². The second-order valence-corrected chi connectivity index (χ2v) is 5.61. The van der Waals surface area contributed by atoms with Gasteiger partial charge in [0.1, 0.15) is 0 Å². The maximum absolute atomic E-state index is 11.3. The van der Waals surface area contributed by atoms with Crippen molar-refractivity contribution in [1.29, 1.82) is 0 Å². The number of hydrogen-bond donors (Lipinski definition) is 1.